The molecule has 0 aliphatic carbocycles. The summed E-state index contributed by atoms with van der Waals surface area (Å²) < 4.78 is 13.0. The highest BCUT2D eigenvalue weighted by Gasteiger charge is 2.12. The molecule has 2 aromatic carbocycles. The van der Waals surface area contributed by atoms with Gasteiger partial charge in [0, 0.05) is 5.56 Å². The van der Waals surface area contributed by atoms with E-state index in [-0.39, 0.29) is 5.56 Å². The molecule has 0 bridgehead atoms. The van der Waals surface area contributed by atoms with E-state index in [1.54, 1.807) is 18.6 Å². The Hall–Kier alpha value is -2.86. The Bertz CT molecular complexity index is 1160. The van der Waals surface area contributed by atoms with Gasteiger partial charge in [0.25, 0.3) is 5.56 Å². The fraction of sp³-hybridized carbons (Fsp3) is 0.111. The van der Waals surface area contributed by atoms with Crippen LogP contribution in [0, 0.1) is 0 Å². The monoisotopic (exact) mass is 338 g/mol. The molecule has 24 heavy (non-hydrogen) atoms. The third-order valence-corrected chi connectivity index (χ3v) is 4.83. The zero-order valence-corrected chi connectivity index (χ0v) is 14.0. The van der Waals surface area contributed by atoms with Crippen molar-refractivity contribution in [2.24, 2.45) is 0 Å². The topological polar surface area (TPSA) is 52.8 Å². The molecule has 0 spiro atoms. The molecule has 0 N–H and O–H groups in total. The van der Waals surface area contributed by atoms with Crippen LogP contribution in [-0.2, 0) is 0 Å². The maximum Gasteiger partial charge on any atom is 0.274 e. The van der Waals surface area contributed by atoms with Gasteiger partial charge in [-0.3, -0.25) is 4.79 Å². The molecule has 0 radical (unpaired) electrons. The minimum absolute atomic E-state index is 0.0754. The number of benzene rings is 2. The Labute approximate surface area is 141 Å². The Morgan fingerprint density at radius 2 is 1.92 bits per heavy atom. The number of ether oxygens (including phenoxy) is 2. The molecular formula is C18H14N2O3S. The first-order valence-corrected chi connectivity index (χ1v) is 8.17. The van der Waals surface area contributed by atoms with Crippen LogP contribution in [-0.4, -0.2) is 23.6 Å². The van der Waals surface area contributed by atoms with Gasteiger partial charge < -0.3 is 9.47 Å². The molecule has 0 atom stereocenters. The van der Waals surface area contributed by atoms with Gasteiger partial charge in [-0.05, 0) is 24.3 Å². The smallest absolute Gasteiger partial charge is 0.274 e. The van der Waals surface area contributed by atoms with E-state index in [2.05, 4.69) is 4.98 Å². The van der Waals surface area contributed by atoms with Gasteiger partial charge in [-0.25, -0.2) is 9.38 Å². The Kier molecular flexibility index (Phi) is 3.46. The first kappa shape index (κ1) is 14.7. The lowest BCUT2D eigenvalue weighted by molar-refractivity contribution is 0.354. The molecule has 0 saturated heterocycles. The summed E-state index contributed by atoms with van der Waals surface area (Å²) in [7, 11) is 3.17. The highest BCUT2D eigenvalue weighted by molar-refractivity contribution is 7.15. The van der Waals surface area contributed by atoms with E-state index >= 15 is 0 Å². The lowest BCUT2D eigenvalue weighted by Gasteiger charge is -2.09. The lowest BCUT2D eigenvalue weighted by Crippen LogP contribution is -2.22. The first-order valence-electron chi connectivity index (χ1n) is 7.35. The normalized spacial score (nSPS) is 12.2. The van der Waals surface area contributed by atoms with Crippen molar-refractivity contribution in [1.82, 2.24) is 9.38 Å². The van der Waals surface area contributed by atoms with E-state index < -0.39 is 0 Å². The van der Waals surface area contributed by atoms with Crippen molar-refractivity contribution in [3.8, 4) is 11.5 Å². The van der Waals surface area contributed by atoms with Gasteiger partial charge in [0.15, 0.2) is 16.5 Å². The third-order valence-electron chi connectivity index (χ3n) is 3.87. The van der Waals surface area contributed by atoms with Crippen LogP contribution in [0.15, 0.2) is 47.3 Å². The molecule has 0 amide bonds. The summed E-state index contributed by atoms with van der Waals surface area (Å²) in [5.74, 6) is 1.24. The molecule has 0 aliphatic rings. The lowest BCUT2D eigenvalue weighted by atomic mass is 10.2. The molecule has 0 aliphatic heterocycles. The van der Waals surface area contributed by atoms with Crippen LogP contribution < -0.4 is 19.6 Å². The number of hydrogen-bond donors (Lipinski definition) is 0. The molecule has 0 saturated carbocycles. The Balaban J connectivity index is 1.99. The first-order chi connectivity index (χ1) is 11.7. The molecule has 0 unspecified atom stereocenters. The fourth-order valence-electron chi connectivity index (χ4n) is 2.78. The van der Waals surface area contributed by atoms with Crippen molar-refractivity contribution in [3.63, 3.8) is 0 Å². The van der Waals surface area contributed by atoms with Gasteiger partial charge in [0.1, 0.15) is 0 Å². The number of aromatic nitrogens is 2. The molecule has 4 aromatic rings. The predicted molar refractivity (Wildman–Crippen MR) is 95.2 cm³/mol. The predicted octanol–water partition coefficient (Wildman–Crippen LogP) is 2.47. The van der Waals surface area contributed by atoms with Crippen molar-refractivity contribution in [2.75, 3.05) is 14.2 Å². The SMILES string of the molecule is COc1cccc(/C=c2/sc3nc4ccccc4n3c2=O)c1OC. The minimum atomic E-state index is -0.0754. The quantitative estimate of drug-likeness (QED) is 0.576. The van der Waals surface area contributed by atoms with Crippen LogP contribution in [0.3, 0.4) is 0 Å². The zero-order chi connectivity index (χ0) is 16.7. The van der Waals surface area contributed by atoms with Crippen molar-refractivity contribution in [3.05, 3.63) is 62.9 Å². The number of para-hydroxylation sites is 3. The summed E-state index contributed by atoms with van der Waals surface area (Å²) in [6, 6.07) is 13.2. The second-order valence-corrected chi connectivity index (χ2v) is 6.23. The number of methoxy groups -OCH3 is 2. The number of hydrogen-bond acceptors (Lipinski definition) is 5. The minimum Gasteiger partial charge on any atom is -0.493 e. The summed E-state index contributed by atoms with van der Waals surface area (Å²) in [6.07, 6.45) is 1.82. The van der Waals surface area contributed by atoms with Gasteiger partial charge >= 0.3 is 0 Å². The number of imidazole rings is 1. The highest BCUT2D eigenvalue weighted by Crippen LogP contribution is 2.31. The second kappa shape index (κ2) is 5.65. The van der Waals surface area contributed by atoms with E-state index in [1.165, 1.54) is 11.3 Å². The molecule has 2 aromatic heterocycles. The van der Waals surface area contributed by atoms with E-state index in [0.29, 0.717) is 21.0 Å². The Morgan fingerprint density at radius 1 is 1.08 bits per heavy atom. The van der Waals surface area contributed by atoms with Crippen LogP contribution in [0.1, 0.15) is 5.56 Å². The molecule has 4 rings (SSSR count). The molecule has 120 valence electrons. The van der Waals surface area contributed by atoms with Gasteiger partial charge in [0.05, 0.1) is 29.8 Å². The van der Waals surface area contributed by atoms with Crippen LogP contribution in [0.2, 0.25) is 0 Å². The average molecular weight is 338 g/mol. The van der Waals surface area contributed by atoms with Crippen LogP contribution in [0.4, 0.5) is 0 Å². The van der Waals surface area contributed by atoms with Crippen LogP contribution in [0.5, 0.6) is 11.5 Å². The molecular weight excluding hydrogens is 324 g/mol. The number of nitrogens with zero attached hydrogens (tertiary/aromatic N) is 2. The van der Waals surface area contributed by atoms with E-state index in [1.807, 2.05) is 48.5 Å². The number of fused-ring (bicyclic) bond motifs is 3. The van der Waals surface area contributed by atoms with E-state index in [4.69, 9.17) is 9.47 Å². The van der Waals surface area contributed by atoms with Gasteiger partial charge in [-0.15, -0.1) is 0 Å². The van der Waals surface area contributed by atoms with Crippen LogP contribution >= 0.6 is 11.3 Å². The maximum atomic E-state index is 12.8. The summed E-state index contributed by atoms with van der Waals surface area (Å²) in [4.78, 5) is 18.0. The standard InChI is InChI=1S/C18H14N2O3S/c1-22-14-9-5-6-11(16(14)23-2)10-15-17(21)20-13-8-4-3-7-12(13)19-18(20)24-15/h3-10H,1-2H3/b15-10+. The maximum absolute atomic E-state index is 12.8. The van der Waals surface area contributed by atoms with Crippen LogP contribution in [0.25, 0.3) is 22.1 Å². The third kappa shape index (κ3) is 2.15. The number of thiazole rings is 1. The molecule has 6 heteroatoms. The number of rotatable bonds is 3. The molecule has 5 nitrogen and oxygen atoms in total. The summed E-state index contributed by atoms with van der Waals surface area (Å²) in [6.45, 7) is 0. The van der Waals surface area contributed by atoms with Gasteiger partial charge in [-0.2, -0.15) is 0 Å². The fourth-order valence-corrected chi connectivity index (χ4v) is 3.76. The van der Waals surface area contributed by atoms with Crippen molar-refractivity contribution >= 4 is 33.4 Å². The summed E-state index contributed by atoms with van der Waals surface area (Å²) in [5.41, 5.74) is 2.37. The van der Waals surface area contributed by atoms with Crippen molar-refractivity contribution in [1.29, 1.82) is 0 Å². The summed E-state index contributed by atoms with van der Waals surface area (Å²) in [5, 5.41) is 0. The van der Waals surface area contributed by atoms with E-state index in [0.717, 1.165) is 16.6 Å². The largest absolute Gasteiger partial charge is 0.493 e. The van der Waals surface area contributed by atoms with Crippen molar-refractivity contribution < 1.29 is 9.47 Å². The van der Waals surface area contributed by atoms with Gasteiger partial charge in [-0.1, -0.05) is 35.6 Å². The van der Waals surface area contributed by atoms with Crippen molar-refractivity contribution in [2.45, 2.75) is 0 Å². The molecule has 0 fully saturated rings. The van der Waals surface area contributed by atoms with E-state index in [9.17, 15) is 4.79 Å². The Morgan fingerprint density at radius 3 is 2.71 bits per heavy atom. The highest BCUT2D eigenvalue weighted by atomic mass is 32.1. The average Bonchev–Trinajstić information content (AvgIpc) is 3.11. The van der Waals surface area contributed by atoms with Gasteiger partial charge in [0.2, 0.25) is 0 Å². The molecule has 2 heterocycles. The zero-order valence-electron chi connectivity index (χ0n) is 13.1. The summed E-state index contributed by atoms with van der Waals surface area (Å²) >= 11 is 1.36. The second-order valence-electron chi connectivity index (χ2n) is 5.22.